The first-order chi connectivity index (χ1) is 9.60. The molecule has 1 aromatic rings. The lowest BCUT2D eigenvalue weighted by Gasteiger charge is -2.27. The van der Waals surface area contributed by atoms with Crippen molar-refractivity contribution < 1.29 is 5.21 Å². The number of oxime groups is 1. The Kier molecular flexibility index (Phi) is 7.09. The summed E-state index contributed by atoms with van der Waals surface area (Å²) < 4.78 is 0. The Hall–Kier alpha value is -1.55. The quantitative estimate of drug-likeness (QED) is 0.252. The van der Waals surface area contributed by atoms with Crippen LogP contribution in [0.25, 0.3) is 0 Å². The van der Waals surface area contributed by atoms with Crippen molar-refractivity contribution in [1.29, 1.82) is 0 Å². The fraction of sp³-hybridized carbons (Fsp3) is 0.562. The van der Waals surface area contributed by atoms with E-state index in [9.17, 15) is 0 Å². The second-order valence-electron chi connectivity index (χ2n) is 5.41. The van der Waals surface area contributed by atoms with Crippen LogP contribution < -0.4 is 5.73 Å². The third-order valence-electron chi connectivity index (χ3n) is 3.55. The average Bonchev–Trinajstić information content (AvgIpc) is 2.46. The van der Waals surface area contributed by atoms with Gasteiger partial charge in [0.15, 0.2) is 5.84 Å². The maximum atomic E-state index is 8.88. The molecule has 0 amide bonds. The van der Waals surface area contributed by atoms with Crippen LogP contribution in [0.2, 0.25) is 0 Å². The number of nitrogens with two attached hydrogens (primary N) is 1. The molecule has 0 radical (unpaired) electrons. The lowest BCUT2D eigenvalue weighted by Crippen LogP contribution is -2.32. The van der Waals surface area contributed by atoms with Gasteiger partial charge in [-0.15, -0.1) is 0 Å². The van der Waals surface area contributed by atoms with Crippen LogP contribution in [0.5, 0.6) is 0 Å². The second kappa shape index (κ2) is 8.59. The standard InChI is InChI=1S/C16H27N3O/c1-4-5-8-11-19(13(2)3)12-14-9-6-7-10-15(14)16(17)18-20/h6-7,9-10,13,20H,4-5,8,11-12H2,1-3H3,(H2,17,18). The van der Waals surface area contributed by atoms with Gasteiger partial charge in [-0.25, -0.2) is 0 Å². The van der Waals surface area contributed by atoms with Crippen molar-refractivity contribution in [2.75, 3.05) is 6.54 Å². The number of amidine groups is 1. The molecule has 4 nitrogen and oxygen atoms in total. The molecule has 0 unspecified atom stereocenters. The zero-order chi connectivity index (χ0) is 15.0. The topological polar surface area (TPSA) is 61.8 Å². The van der Waals surface area contributed by atoms with Crippen molar-refractivity contribution in [1.82, 2.24) is 4.90 Å². The van der Waals surface area contributed by atoms with Crippen LogP contribution in [0.1, 0.15) is 51.2 Å². The van der Waals surface area contributed by atoms with Gasteiger partial charge in [-0.05, 0) is 32.4 Å². The van der Waals surface area contributed by atoms with Gasteiger partial charge in [0.25, 0.3) is 0 Å². The minimum atomic E-state index is 0.179. The Labute approximate surface area is 122 Å². The van der Waals surface area contributed by atoms with Crippen LogP contribution >= 0.6 is 0 Å². The normalized spacial score (nSPS) is 12.3. The van der Waals surface area contributed by atoms with E-state index in [0.29, 0.717) is 6.04 Å². The van der Waals surface area contributed by atoms with Gasteiger partial charge in [0, 0.05) is 18.2 Å². The number of rotatable bonds is 8. The lowest BCUT2D eigenvalue weighted by atomic mass is 10.1. The first-order valence-corrected chi connectivity index (χ1v) is 7.40. The monoisotopic (exact) mass is 277 g/mol. The number of unbranched alkanes of at least 4 members (excludes halogenated alkanes) is 2. The van der Waals surface area contributed by atoms with Crippen LogP contribution in [0.15, 0.2) is 29.4 Å². The van der Waals surface area contributed by atoms with Crippen LogP contribution in [0.4, 0.5) is 0 Å². The highest BCUT2D eigenvalue weighted by molar-refractivity contribution is 5.98. The van der Waals surface area contributed by atoms with Crippen LogP contribution in [0, 0.1) is 0 Å². The summed E-state index contributed by atoms with van der Waals surface area (Å²) in [4.78, 5) is 2.43. The van der Waals surface area contributed by atoms with E-state index in [1.54, 1.807) is 0 Å². The smallest absolute Gasteiger partial charge is 0.170 e. The Morgan fingerprint density at radius 1 is 1.30 bits per heavy atom. The number of benzene rings is 1. The molecule has 3 N–H and O–H groups in total. The summed E-state index contributed by atoms with van der Waals surface area (Å²) >= 11 is 0. The summed E-state index contributed by atoms with van der Waals surface area (Å²) in [7, 11) is 0. The molecule has 1 aromatic carbocycles. The van der Waals surface area contributed by atoms with Crippen molar-refractivity contribution >= 4 is 5.84 Å². The lowest BCUT2D eigenvalue weighted by molar-refractivity contribution is 0.208. The molecule has 0 saturated carbocycles. The van der Waals surface area contributed by atoms with Gasteiger partial charge >= 0.3 is 0 Å². The highest BCUT2D eigenvalue weighted by atomic mass is 16.4. The van der Waals surface area contributed by atoms with Gasteiger partial charge in [0.2, 0.25) is 0 Å². The fourth-order valence-corrected chi connectivity index (χ4v) is 2.27. The molecule has 0 saturated heterocycles. The summed E-state index contributed by atoms with van der Waals surface area (Å²) in [6.07, 6.45) is 3.69. The van der Waals surface area contributed by atoms with Crippen molar-refractivity contribution in [3.63, 3.8) is 0 Å². The minimum Gasteiger partial charge on any atom is -0.409 e. The van der Waals surface area contributed by atoms with Crippen LogP contribution in [-0.4, -0.2) is 28.5 Å². The van der Waals surface area contributed by atoms with Gasteiger partial charge in [0.1, 0.15) is 0 Å². The summed E-state index contributed by atoms with van der Waals surface area (Å²) in [5, 5.41) is 12.0. The van der Waals surface area contributed by atoms with Crippen LogP contribution in [0.3, 0.4) is 0 Å². The minimum absolute atomic E-state index is 0.179. The maximum Gasteiger partial charge on any atom is 0.170 e. The number of hydrogen-bond acceptors (Lipinski definition) is 3. The van der Waals surface area contributed by atoms with Crippen molar-refractivity contribution in [2.24, 2.45) is 10.9 Å². The molecule has 0 aliphatic carbocycles. The third kappa shape index (κ3) is 4.85. The molecule has 20 heavy (non-hydrogen) atoms. The zero-order valence-corrected chi connectivity index (χ0v) is 12.8. The van der Waals surface area contributed by atoms with E-state index in [1.165, 1.54) is 19.3 Å². The van der Waals surface area contributed by atoms with Crippen molar-refractivity contribution in [3.8, 4) is 0 Å². The molecular formula is C16H27N3O. The van der Waals surface area contributed by atoms with E-state index in [-0.39, 0.29) is 5.84 Å². The van der Waals surface area contributed by atoms with E-state index >= 15 is 0 Å². The van der Waals surface area contributed by atoms with E-state index < -0.39 is 0 Å². The summed E-state index contributed by atoms with van der Waals surface area (Å²) in [6, 6.07) is 8.33. The molecule has 0 aliphatic heterocycles. The average molecular weight is 277 g/mol. The highest BCUT2D eigenvalue weighted by Crippen LogP contribution is 2.14. The first-order valence-electron chi connectivity index (χ1n) is 7.40. The number of nitrogens with zero attached hydrogens (tertiary/aromatic N) is 2. The fourth-order valence-electron chi connectivity index (χ4n) is 2.27. The SMILES string of the molecule is CCCCCN(Cc1ccccc1C(N)=NO)C(C)C. The Balaban J connectivity index is 2.83. The molecule has 0 fully saturated rings. The summed E-state index contributed by atoms with van der Waals surface area (Å²) in [5.74, 6) is 0.179. The molecule has 1 rings (SSSR count). The summed E-state index contributed by atoms with van der Waals surface area (Å²) in [5.41, 5.74) is 7.67. The molecule has 0 bridgehead atoms. The van der Waals surface area contributed by atoms with Gasteiger partial charge in [-0.2, -0.15) is 0 Å². The van der Waals surface area contributed by atoms with Gasteiger partial charge in [0.05, 0.1) is 0 Å². The van der Waals surface area contributed by atoms with E-state index in [0.717, 1.165) is 24.2 Å². The maximum absolute atomic E-state index is 8.88. The Morgan fingerprint density at radius 3 is 2.60 bits per heavy atom. The largest absolute Gasteiger partial charge is 0.409 e. The van der Waals surface area contributed by atoms with Crippen LogP contribution in [-0.2, 0) is 6.54 Å². The van der Waals surface area contributed by atoms with E-state index in [4.69, 9.17) is 10.9 Å². The first kappa shape index (κ1) is 16.5. The predicted molar refractivity (Wildman–Crippen MR) is 84.0 cm³/mol. The molecule has 0 aromatic heterocycles. The second-order valence-corrected chi connectivity index (χ2v) is 5.41. The summed E-state index contributed by atoms with van der Waals surface area (Å²) in [6.45, 7) is 8.54. The Morgan fingerprint density at radius 2 is 2.00 bits per heavy atom. The number of hydrogen-bond donors (Lipinski definition) is 2. The van der Waals surface area contributed by atoms with Gasteiger partial charge in [-0.3, -0.25) is 4.90 Å². The highest BCUT2D eigenvalue weighted by Gasteiger charge is 2.13. The predicted octanol–water partition coefficient (Wildman–Crippen LogP) is 3.18. The van der Waals surface area contributed by atoms with E-state index in [2.05, 4.69) is 30.8 Å². The third-order valence-corrected chi connectivity index (χ3v) is 3.55. The molecule has 0 heterocycles. The van der Waals surface area contributed by atoms with Crippen molar-refractivity contribution in [2.45, 2.75) is 52.6 Å². The molecule has 112 valence electrons. The molecular weight excluding hydrogens is 250 g/mol. The van der Waals surface area contributed by atoms with Crippen molar-refractivity contribution in [3.05, 3.63) is 35.4 Å². The van der Waals surface area contributed by atoms with Gasteiger partial charge < -0.3 is 10.9 Å². The molecule has 4 heteroatoms. The molecule has 0 atom stereocenters. The van der Waals surface area contributed by atoms with E-state index in [1.807, 2.05) is 24.3 Å². The molecule has 0 aliphatic rings. The Bertz CT molecular complexity index is 429. The molecule has 0 spiro atoms. The van der Waals surface area contributed by atoms with Gasteiger partial charge in [-0.1, -0.05) is 49.2 Å². The zero-order valence-electron chi connectivity index (χ0n) is 12.8.